The number of benzene rings is 1. The van der Waals surface area contributed by atoms with Crippen molar-refractivity contribution in [1.29, 1.82) is 0 Å². The Morgan fingerprint density at radius 3 is 2.32 bits per heavy atom. The number of aliphatic imine (C=N–C) groups is 1. The first-order valence-electron chi connectivity index (χ1n) is 10.3. The van der Waals surface area contributed by atoms with Crippen LogP contribution in [0.1, 0.15) is 72.8 Å². The van der Waals surface area contributed by atoms with Crippen LogP contribution >= 0.6 is 15.9 Å². The molecule has 0 saturated heterocycles. The molecule has 4 rings (SSSR count). The summed E-state index contributed by atoms with van der Waals surface area (Å²) in [6.07, 6.45) is 4.61. The van der Waals surface area contributed by atoms with E-state index >= 15 is 0 Å². The minimum absolute atomic E-state index is 1.00. The summed E-state index contributed by atoms with van der Waals surface area (Å²) in [7, 11) is 0. The van der Waals surface area contributed by atoms with Gasteiger partial charge in [0.15, 0.2) is 0 Å². The summed E-state index contributed by atoms with van der Waals surface area (Å²) in [6, 6.07) is 4.46. The minimum Gasteiger partial charge on any atom is -0.358 e. The molecular weight excluding hydrogens is 408 g/mol. The first-order chi connectivity index (χ1) is 13.3. The highest BCUT2D eigenvalue weighted by Crippen LogP contribution is 2.43. The monoisotopic (exact) mass is 436 g/mol. The molecule has 0 saturated carbocycles. The highest BCUT2D eigenvalue weighted by Gasteiger charge is 2.29. The van der Waals surface area contributed by atoms with Crippen molar-refractivity contribution in [2.24, 2.45) is 4.99 Å². The SMILES string of the molecule is CCC1=C(C)C(C)=N/C1=C(\c1[nH]c(C)c2c1CCC2)c1c(C)cc(Br)cc1C. The Bertz CT molecular complexity index is 1050. The third-order valence-electron chi connectivity index (χ3n) is 6.43. The zero-order valence-electron chi connectivity index (χ0n) is 17.8. The normalized spacial score (nSPS) is 18.0. The van der Waals surface area contributed by atoms with Crippen molar-refractivity contribution in [2.45, 2.75) is 67.2 Å². The van der Waals surface area contributed by atoms with E-state index in [-0.39, 0.29) is 0 Å². The van der Waals surface area contributed by atoms with E-state index in [4.69, 9.17) is 4.99 Å². The number of aromatic amines is 1. The van der Waals surface area contributed by atoms with Crippen molar-refractivity contribution in [1.82, 2.24) is 4.98 Å². The third kappa shape index (κ3) is 2.95. The van der Waals surface area contributed by atoms with Gasteiger partial charge < -0.3 is 4.98 Å². The number of H-pyrrole nitrogens is 1. The molecule has 1 aliphatic carbocycles. The standard InChI is InChI=1S/C25H29BrN2/c1-7-19-15(4)16(5)27-24(19)23(22-13(2)11-18(26)12-14(22)3)25-21-10-8-9-20(21)17(6)28-25/h11-12,28H,7-10H2,1-6H3/b24-23-. The second kappa shape index (κ2) is 7.18. The van der Waals surface area contributed by atoms with Crippen LogP contribution in [0.5, 0.6) is 0 Å². The van der Waals surface area contributed by atoms with E-state index in [2.05, 4.69) is 74.6 Å². The van der Waals surface area contributed by atoms with E-state index in [0.29, 0.717) is 0 Å². The molecule has 2 aliphatic rings. The fourth-order valence-corrected chi connectivity index (χ4v) is 5.69. The van der Waals surface area contributed by atoms with Crippen LogP contribution in [0.3, 0.4) is 0 Å². The molecule has 1 aliphatic heterocycles. The van der Waals surface area contributed by atoms with E-state index in [1.54, 1.807) is 0 Å². The Morgan fingerprint density at radius 2 is 1.68 bits per heavy atom. The number of nitrogens with one attached hydrogen (secondary N) is 1. The summed E-state index contributed by atoms with van der Waals surface area (Å²) in [5, 5.41) is 0. The second-order valence-electron chi connectivity index (χ2n) is 8.23. The Kier molecular flexibility index (Phi) is 4.99. The van der Waals surface area contributed by atoms with Crippen LogP contribution in [0.2, 0.25) is 0 Å². The molecule has 0 bridgehead atoms. The molecule has 2 heterocycles. The van der Waals surface area contributed by atoms with Crippen molar-refractivity contribution in [2.75, 3.05) is 0 Å². The molecule has 0 fully saturated rings. The average Bonchev–Trinajstić information content (AvgIpc) is 3.29. The lowest BCUT2D eigenvalue weighted by Crippen LogP contribution is -2.03. The smallest absolute Gasteiger partial charge is 0.0767 e. The first-order valence-corrected chi connectivity index (χ1v) is 11.1. The molecule has 0 spiro atoms. The minimum atomic E-state index is 1.00. The Balaban J connectivity index is 2.11. The number of hydrogen-bond acceptors (Lipinski definition) is 1. The van der Waals surface area contributed by atoms with Gasteiger partial charge in [0.05, 0.1) is 11.4 Å². The van der Waals surface area contributed by atoms with Gasteiger partial charge in [0, 0.05) is 21.5 Å². The van der Waals surface area contributed by atoms with Crippen LogP contribution in [0.25, 0.3) is 5.57 Å². The second-order valence-corrected chi connectivity index (χ2v) is 9.14. The topological polar surface area (TPSA) is 28.1 Å². The molecule has 0 atom stereocenters. The molecule has 0 unspecified atom stereocenters. The molecule has 2 aromatic rings. The Hall–Kier alpha value is -1.87. The molecule has 1 aromatic carbocycles. The lowest BCUT2D eigenvalue weighted by molar-refractivity contribution is 0.892. The summed E-state index contributed by atoms with van der Waals surface area (Å²) in [5.41, 5.74) is 15.9. The van der Waals surface area contributed by atoms with Gasteiger partial charge in [-0.3, -0.25) is 4.99 Å². The predicted octanol–water partition coefficient (Wildman–Crippen LogP) is 7.15. The molecule has 3 heteroatoms. The number of rotatable bonds is 3. The van der Waals surface area contributed by atoms with Gasteiger partial charge in [-0.2, -0.15) is 0 Å². The van der Waals surface area contributed by atoms with Crippen molar-refractivity contribution < 1.29 is 0 Å². The van der Waals surface area contributed by atoms with Crippen LogP contribution < -0.4 is 0 Å². The maximum atomic E-state index is 5.10. The van der Waals surface area contributed by atoms with Gasteiger partial charge in [-0.15, -0.1) is 0 Å². The van der Waals surface area contributed by atoms with Crippen molar-refractivity contribution in [3.8, 4) is 0 Å². The molecule has 28 heavy (non-hydrogen) atoms. The van der Waals surface area contributed by atoms with E-state index in [0.717, 1.165) is 23.0 Å². The number of nitrogens with zero attached hydrogens (tertiary/aromatic N) is 1. The molecule has 2 nitrogen and oxygen atoms in total. The molecular formula is C25H29BrN2. The van der Waals surface area contributed by atoms with Gasteiger partial charge in [0.25, 0.3) is 0 Å². The average molecular weight is 437 g/mol. The Morgan fingerprint density at radius 1 is 1.04 bits per heavy atom. The number of allylic oxidation sites excluding steroid dienone is 2. The van der Waals surface area contributed by atoms with Gasteiger partial charge in [0.2, 0.25) is 0 Å². The number of halogens is 1. The first kappa shape index (κ1) is 19.4. The molecule has 146 valence electrons. The summed E-state index contributed by atoms with van der Waals surface area (Å²) in [4.78, 5) is 8.88. The van der Waals surface area contributed by atoms with Gasteiger partial charge in [-0.1, -0.05) is 22.9 Å². The van der Waals surface area contributed by atoms with E-state index in [1.165, 1.54) is 74.5 Å². The van der Waals surface area contributed by atoms with Crippen LogP contribution in [-0.2, 0) is 12.8 Å². The largest absolute Gasteiger partial charge is 0.358 e. The van der Waals surface area contributed by atoms with E-state index < -0.39 is 0 Å². The molecule has 0 radical (unpaired) electrons. The van der Waals surface area contributed by atoms with Crippen molar-refractivity contribution in [3.05, 3.63) is 72.7 Å². The van der Waals surface area contributed by atoms with Gasteiger partial charge in [-0.05, 0) is 111 Å². The van der Waals surface area contributed by atoms with Crippen LogP contribution in [0, 0.1) is 20.8 Å². The predicted molar refractivity (Wildman–Crippen MR) is 123 cm³/mol. The molecule has 1 N–H and O–H groups in total. The number of hydrogen-bond donors (Lipinski definition) is 1. The zero-order chi connectivity index (χ0) is 20.2. The number of aryl methyl sites for hydroxylation is 3. The highest BCUT2D eigenvalue weighted by atomic mass is 79.9. The quantitative estimate of drug-likeness (QED) is 0.528. The van der Waals surface area contributed by atoms with Crippen LogP contribution in [0.4, 0.5) is 0 Å². The van der Waals surface area contributed by atoms with Crippen LogP contribution in [-0.4, -0.2) is 10.7 Å². The Labute approximate surface area is 177 Å². The van der Waals surface area contributed by atoms with Crippen molar-refractivity contribution in [3.63, 3.8) is 0 Å². The van der Waals surface area contributed by atoms with Gasteiger partial charge >= 0.3 is 0 Å². The fourth-order valence-electron chi connectivity index (χ4n) is 5.01. The highest BCUT2D eigenvalue weighted by molar-refractivity contribution is 9.10. The zero-order valence-corrected chi connectivity index (χ0v) is 19.4. The van der Waals surface area contributed by atoms with Crippen molar-refractivity contribution >= 4 is 27.2 Å². The van der Waals surface area contributed by atoms with Gasteiger partial charge in [-0.25, -0.2) is 0 Å². The van der Waals surface area contributed by atoms with Crippen LogP contribution in [0.15, 0.2) is 38.4 Å². The summed E-state index contributed by atoms with van der Waals surface area (Å²) in [6.45, 7) is 13.3. The lowest BCUT2D eigenvalue weighted by Gasteiger charge is -2.18. The van der Waals surface area contributed by atoms with E-state index in [9.17, 15) is 0 Å². The van der Waals surface area contributed by atoms with E-state index in [1.807, 2.05) is 0 Å². The maximum absolute atomic E-state index is 5.10. The maximum Gasteiger partial charge on any atom is 0.0767 e. The molecule has 0 amide bonds. The van der Waals surface area contributed by atoms with Gasteiger partial charge in [0.1, 0.15) is 0 Å². The number of aromatic nitrogens is 1. The fraction of sp³-hybridized carbons (Fsp3) is 0.400. The summed E-state index contributed by atoms with van der Waals surface area (Å²) >= 11 is 3.67. The summed E-state index contributed by atoms with van der Waals surface area (Å²) < 4.78 is 1.14. The summed E-state index contributed by atoms with van der Waals surface area (Å²) in [5.74, 6) is 0. The number of fused-ring (bicyclic) bond motifs is 1. The molecule has 1 aromatic heterocycles. The lowest BCUT2D eigenvalue weighted by atomic mass is 9.88. The third-order valence-corrected chi connectivity index (χ3v) is 6.89.